The zero-order valence-electron chi connectivity index (χ0n) is 11.8. The quantitative estimate of drug-likeness (QED) is 0.356. The molecule has 0 bridgehead atoms. The van der Waals surface area contributed by atoms with Crippen LogP contribution in [0, 0.1) is 10.5 Å². The Bertz CT molecular complexity index is 729. The van der Waals surface area contributed by atoms with Gasteiger partial charge in [-0.2, -0.15) is 5.10 Å². The number of anilines is 1. The average Bonchev–Trinajstić information content (AvgIpc) is 2.49. The SMILES string of the molecule is Cc1cccc(NC(=O)C(=O)N/N=C\c2ccccc2I)c1. The molecule has 0 atom stereocenters. The van der Waals surface area contributed by atoms with Gasteiger partial charge < -0.3 is 5.32 Å². The van der Waals surface area contributed by atoms with Crippen molar-refractivity contribution in [3.8, 4) is 0 Å². The Morgan fingerprint density at radius 3 is 2.59 bits per heavy atom. The average molecular weight is 407 g/mol. The maximum absolute atomic E-state index is 11.7. The number of benzene rings is 2. The fourth-order valence-corrected chi connectivity index (χ4v) is 2.23. The number of carbonyl (C=O) groups is 2. The van der Waals surface area contributed by atoms with Crippen LogP contribution in [0.15, 0.2) is 53.6 Å². The van der Waals surface area contributed by atoms with Crippen molar-refractivity contribution in [1.29, 1.82) is 0 Å². The molecular weight excluding hydrogens is 393 g/mol. The van der Waals surface area contributed by atoms with Gasteiger partial charge in [0.2, 0.25) is 0 Å². The summed E-state index contributed by atoms with van der Waals surface area (Å²) >= 11 is 2.17. The van der Waals surface area contributed by atoms with Crippen LogP contribution in [0.2, 0.25) is 0 Å². The van der Waals surface area contributed by atoms with E-state index in [-0.39, 0.29) is 0 Å². The molecule has 0 aromatic heterocycles. The molecule has 5 nitrogen and oxygen atoms in total. The van der Waals surface area contributed by atoms with Gasteiger partial charge in [0.25, 0.3) is 0 Å². The maximum atomic E-state index is 11.7. The van der Waals surface area contributed by atoms with Crippen molar-refractivity contribution in [3.63, 3.8) is 0 Å². The molecule has 2 rings (SSSR count). The van der Waals surface area contributed by atoms with E-state index >= 15 is 0 Å². The lowest BCUT2D eigenvalue weighted by molar-refractivity contribution is -0.136. The van der Waals surface area contributed by atoms with E-state index in [1.54, 1.807) is 18.2 Å². The van der Waals surface area contributed by atoms with Crippen LogP contribution >= 0.6 is 22.6 Å². The summed E-state index contributed by atoms with van der Waals surface area (Å²) in [7, 11) is 0. The lowest BCUT2D eigenvalue weighted by Gasteiger charge is -2.04. The van der Waals surface area contributed by atoms with Gasteiger partial charge in [-0.3, -0.25) is 9.59 Å². The minimum absolute atomic E-state index is 0.571. The molecule has 0 aliphatic carbocycles. The van der Waals surface area contributed by atoms with Gasteiger partial charge in [-0.25, -0.2) is 5.43 Å². The minimum Gasteiger partial charge on any atom is -0.318 e. The van der Waals surface area contributed by atoms with Gasteiger partial charge in [0, 0.05) is 14.8 Å². The number of hydrogen-bond acceptors (Lipinski definition) is 3. The summed E-state index contributed by atoms with van der Waals surface area (Å²) in [5.74, 6) is -1.57. The van der Waals surface area contributed by atoms with Crippen molar-refractivity contribution >= 4 is 46.3 Å². The summed E-state index contributed by atoms with van der Waals surface area (Å²) in [5.41, 5.74) is 4.64. The van der Waals surface area contributed by atoms with E-state index < -0.39 is 11.8 Å². The topological polar surface area (TPSA) is 70.6 Å². The van der Waals surface area contributed by atoms with E-state index in [0.29, 0.717) is 5.69 Å². The number of rotatable bonds is 3. The number of amides is 2. The molecule has 0 saturated carbocycles. The highest BCUT2D eigenvalue weighted by Crippen LogP contribution is 2.09. The third-order valence-corrected chi connectivity index (χ3v) is 3.74. The second-order valence-corrected chi connectivity index (χ2v) is 5.71. The van der Waals surface area contributed by atoms with Gasteiger partial charge >= 0.3 is 11.8 Å². The molecule has 0 spiro atoms. The highest BCUT2D eigenvalue weighted by molar-refractivity contribution is 14.1. The Morgan fingerprint density at radius 2 is 1.86 bits per heavy atom. The first-order chi connectivity index (χ1) is 10.6. The van der Waals surface area contributed by atoms with E-state index in [2.05, 4.69) is 38.4 Å². The largest absolute Gasteiger partial charge is 0.329 e. The Morgan fingerprint density at radius 1 is 1.09 bits per heavy atom. The highest BCUT2D eigenvalue weighted by atomic mass is 127. The van der Waals surface area contributed by atoms with Gasteiger partial charge in [-0.1, -0.05) is 30.3 Å². The van der Waals surface area contributed by atoms with Crippen LogP contribution in [-0.4, -0.2) is 18.0 Å². The molecule has 0 unspecified atom stereocenters. The van der Waals surface area contributed by atoms with Crippen molar-refractivity contribution in [2.24, 2.45) is 5.10 Å². The first-order valence-electron chi connectivity index (χ1n) is 6.52. The fraction of sp³-hybridized carbons (Fsp3) is 0.0625. The molecule has 0 aliphatic heterocycles. The number of hydrazone groups is 1. The molecule has 22 heavy (non-hydrogen) atoms. The Labute approximate surface area is 141 Å². The number of nitrogens with zero attached hydrogens (tertiary/aromatic N) is 1. The minimum atomic E-state index is -0.816. The summed E-state index contributed by atoms with van der Waals surface area (Å²) in [6.45, 7) is 1.90. The van der Waals surface area contributed by atoms with Crippen molar-refractivity contribution in [2.75, 3.05) is 5.32 Å². The Hall–Kier alpha value is -2.22. The second-order valence-electron chi connectivity index (χ2n) is 4.54. The number of aryl methyl sites for hydroxylation is 1. The van der Waals surface area contributed by atoms with E-state index in [0.717, 1.165) is 14.7 Å². The monoisotopic (exact) mass is 407 g/mol. The van der Waals surface area contributed by atoms with Gasteiger partial charge in [0.05, 0.1) is 6.21 Å². The summed E-state index contributed by atoms with van der Waals surface area (Å²) in [4.78, 5) is 23.4. The summed E-state index contributed by atoms with van der Waals surface area (Å²) in [6, 6.07) is 14.8. The predicted octanol–water partition coefficient (Wildman–Crippen LogP) is 2.69. The molecule has 2 aromatic rings. The Balaban J connectivity index is 1.92. The number of halogens is 1. The fourth-order valence-electron chi connectivity index (χ4n) is 1.70. The van der Waals surface area contributed by atoms with Crippen molar-refractivity contribution < 1.29 is 9.59 Å². The molecular formula is C16H14IN3O2. The molecule has 0 radical (unpaired) electrons. The van der Waals surface area contributed by atoms with Crippen LogP contribution in [0.1, 0.15) is 11.1 Å². The van der Waals surface area contributed by atoms with Crippen LogP contribution < -0.4 is 10.7 Å². The van der Waals surface area contributed by atoms with Crippen LogP contribution in [0.5, 0.6) is 0 Å². The zero-order valence-corrected chi connectivity index (χ0v) is 14.0. The summed E-state index contributed by atoms with van der Waals surface area (Å²) in [6.07, 6.45) is 1.50. The molecule has 2 N–H and O–H groups in total. The van der Waals surface area contributed by atoms with Crippen LogP contribution in [0.3, 0.4) is 0 Å². The zero-order chi connectivity index (χ0) is 15.9. The smallest absolute Gasteiger partial charge is 0.318 e. The van der Waals surface area contributed by atoms with E-state index in [4.69, 9.17) is 0 Å². The second kappa shape index (κ2) is 7.69. The molecule has 0 saturated heterocycles. The van der Waals surface area contributed by atoms with Gasteiger partial charge in [-0.05, 0) is 53.3 Å². The van der Waals surface area contributed by atoms with E-state index in [1.165, 1.54) is 6.21 Å². The lowest BCUT2D eigenvalue weighted by Crippen LogP contribution is -2.32. The van der Waals surface area contributed by atoms with Gasteiger partial charge in [0.15, 0.2) is 0 Å². The van der Waals surface area contributed by atoms with Crippen LogP contribution in [0.4, 0.5) is 5.69 Å². The number of hydrogen-bond donors (Lipinski definition) is 2. The molecule has 2 amide bonds. The van der Waals surface area contributed by atoms with Gasteiger partial charge in [-0.15, -0.1) is 0 Å². The third-order valence-electron chi connectivity index (χ3n) is 2.76. The molecule has 0 fully saturated rings. The molecule has 112 valence electrons. The number of carbonyl (C=O) groups excluding carboxylic acids is 2. The number of nitrogens with one attached hydrogen (secondary N) is 2. The first kappa shape index (κ1) is 16.2. The van der Waals surface area contributed by atoms with Gasteiger partial charge in [0.1, 0.15) is 0 Å². The standard InChI is InChI=1S/C16H14IN3O2/c1-11-5-4-7-13(9-11)19-15(21)16(22)20-18-10-12-6-2-3-8-14(12)17/h2-10H,1H3,(H,19,21)(H,20,22)/b18-10-. The molecule has 0 aliphatic rings. The molecule has 6 heteroatoms. The summed E-state index contributed by atoms with van der Waals surface area (Å²) < 4.78 is 1.00. The van der Waals surface area contributed by atoms with E-state index in [1.807, 2.05) is 37.3 Å². The maximum Gasteiger partial charge on any atom is 0.329 e. The third kappa shape index (κ3) is 4.66. The normalized spacial score (nSPS) is 10.5. The van der Waals surface area contributed by atoms with E-state index in [9.17, 15) is 9.59 Å². The van der Waals surface area contributed by atoms with Crippen molar-refractivity contribution in [3.05, 3.63) is 63.2 Å². The van der Waals surface area contributed by atoms with Crippen LogP contribution in [-0.2, 0) is 9.59 Å². The van der Waals surface area contributed by atoms with Crippen molar-refractivity contribution in [1.82, 2.24) is 5.43 Å². The molecule has 2 aromatic carbocycles. The lowest BCUT2D eigenvalue weighted by atomic mass is 10.2. The first-order valence-corrected chi connectivity index (χ1v) is 7.60. The Kier molecular flexibility index (Phi) is 5.65. The highest BCUT2D eigenvalue weighted by Gasteiger charge is 2.12. The molecule has 0 heterocycles. The van der Waals surface area contributed by atoms with Crippen molar-refractivity contribution in [2.45, 2.75) is 6.92 Å². The van der Waals surface area contributed by atoms with Crippen LogP contribution in [0.25, 0.3) is 0 Å². The summed E-state index contributed by atoms with van der Waals surface area (Å²) in [5, 5.41) is 6.31. The predicted molar refractivity (Wildman–Crippen MR) is 94.7 cm³/mol.